The fourth-order valence-electron chi connectivity index (χ4n) is 3.90. The molecular formula is C16H24N2OS. The van der Waals surface area contributed by atoms with Gasteiger partial charge in [-0.2, -0.15) is 0 Å². The van der Waals surface area contributed by atoms with Crippen LogP contribution in [0.25, 0.3) is 0 Å². The molecule has 1 aliphatic heterocycles. The first kappa shape index (κ1) is 14.1. The number of amides is 1. The highest BCUT2D eigenvalue weighted by molar-refractivity contribution is 7.09. The predicted molar refractivity (Wildman–Crippen MR) is 82.7 cm³/mol. The third kappa shape index (κ3) is 2.40. The SMILES string of the molecule is CCN(Cc1cccs1)C(=O)[C@@]12CCCC[C@H]1CNC2. The summed E-state index contributed by atoms with van der Waals surface area (Å²) in [5.74, 6) is 0.948. The summed E-state index contributed by atoms with van der Waals surface area (Å²) >= 11 is 1.74. The average molecular weight is 292 g/mol. The zero-order valence-electron chi connectivity index (χ0n) is 12.2. The van der Waals surface area contributed by atoms with Gasteiger partial charge in [-0.1, -0.05) is 18.9 Å². The van der Waals surface area contributed by atoms with Gasteiger partial charge in [0.2, 0.25) is 5.91 Å². The molecule has 3 nitrogen and oxygen atoms in total. The lowest BCUT2D eigenvalue weighted by molar-refractivity contribution is -0.145. The number of nitrogens with zero attached hydrogens (tertiary/aromatic N) is 1. The number of carbonyl (C=O) groups excluding carboxylic acids is 1. The lowest BCUT2D eigenvalue weighted by Gasteiger charge is -2.40. The van der Waals surface area contributed by atoms with E-state index >= 15 is 0 Å². The Morgan fingerprint density at radius 1 is 1.55 bits per heavy atom. The molecule has 2 aliphatic rings. The maximum atomic E-state index is 13.1. The lowest BCUT2D eigenvalue weighted by atomic mass is 9.67. The van der Waals surface area contributed by atoms with Crippen LogP contribution < -0.4 is 5.32 Å². The number of carbonyl (C=O) groups is 1. The van der Waals surface area contributed by atoms with Crippen LogP contribution in [0.5, 0.6) is 0 Å². The Morgan fingerprint density at radius 2 is 2.45 bits per heavy atom. The Hall–Kier alpha value is -0.870. The summed E-state index contributed by atoms with van der Waals surface area (Å²) in [4.78, 5) is 16.5. The highest BCUT2D eigenvalue weighted by atomic mass is 32.1. The molecule has 1 amide bonds. The zero-order chi connectivity index (χ0) is 14.0. The Kier molecular flexibility index (Phi) is 4.13. The monoisotopic (exact) mass is 292 g/mol. The molecule has 4 heteroatoms. The van der Waals surface area contributed by atoms with Crippen LogP contribution >= 0.6 is 11.3 Å². The molecule has 2 heterocycles. The highest BCUT2D eigenvalue weighted by Crippen LogP contribution is 2.45. The van der Waals surface area contributed by atoms with Crippen molar-refractivity contribution in [3.05, 3.63) is 22.4 Å². The van der Waals surface area contributed by atoms with Crippen molar-refractivity contribution in [2.24, 2.45) is 11.3 Å². The molecule has 110 valence electrons. The van der Waals surface area contributed by atoms with Gasteiger partial charge in [0.1, 0.15) is 0 Å². The summed E-state index contributed by atoms with van der Waals surface area (Å²) in [6, 6.07) is 4.20. The minimum Gasteiger partial charge on any atom is -0.337 e. The first-order chi connectivity index (χ1) is 9.76. The van der Waals surface area contributed by atoms with Gasteiger partial charge in [-0.05, 0) is 43.7 Å². The van der Waals surface area contributed by atoms with E-state index in [1.807, 2.05) is 0 Å². The normalized spacial score (nSPS) is 29.1. The van der Waals surface area contributed by atoms with Crippen LogP contribution in [0.3, 0.4) is 0 Å². The van der Waals surface area contributed by atoms with Gasteiger partial charge in [0.15, 0.2) is 0 Å². The van der Waals surface area contributed by atoms with E-state index in [0.717, 1.165) is 32.6 Å². The van der Waals surface area contributed by atoms with Crippen LogP contribution in [0.15, 0.2) is 17.5 Å². The Labute approximate surface area is 125 Å². The molecule has 1 aromatic rings. The molecule has 2 fully saturated rings. The molecule has 1 aromatic heterocycles. The number of fused-ring (bicyclic) bond motifs is 1. The summed E-state index contributed by atoms with van der Waals surface area (Å²) in [6.07, 6.45) is 4.79. The van der Waals surface area contributed by atoms with Crippen LogP contribution in [-0.2, 0) is 11.3 Å². The molecule has 1 N–H and O–H groups in total. The number of hydrogen-bond donors (Lipinski definition) is 1. The third-order valence-electron chi connectivity index (χ3n) is 5.06. The highest BCUT2D eigenvalue weighted by Gasteiger charge is 2.51. The minimum atomic E-state index is -0.106. The van der Waals surface area contributed by atoms with Crippen molar-refractivity contribution < 1.29 is 4.79 Å². The van der Waals surface area contributed by atoms with Crippen molar-refractivity contribution in [2.45, 2.75) is 39.2 Å². The Bertz CT molecular complexity index is 459. The second-order valence-corrected chi connectivity index (χ2v) is 7.16. The molecular weight excluding hydrogens is 268 g/mol. The smallest absolute Gasteiger partial charge is 0.230 e. The van der Waals surface area contributed by atoms with Gasteiger partial charge in [0.25, 0.3) is 0 Å². The summed E-state index contributed by atoms with van der Waals surface area (Å²) < 4.78 is 0. The molecule has 0 spiro atoms. The number of nitrogens with one attached hydrogen (secondary N) is 1. The summed E-state index contributed by atoms with van der Waals surface area (Å²) in [6.45, 7) is 5.61. The molecule has 20 heavy (non-hydrogen) atoms. The average Bonchev–Trinajstić information content (AvgIpc) is 3.13. The number of hydrogen-bond acceptors (Lipinski definition) is 3. The molecule has 0 radical (unpaired) electrons. The first-order valence-electron chi connectivity index (χ1n) is 7.79. The lowest BCUT2D eigenvalue weighted by Crippen LogP contribution is -2.49. The van der Waals surface area contributed by atoms with Crippen LogP contribution in [0, 0.1) is 11.3 Å². The quantitative estimate of drug-likeness (QED) is 0.925. The molecule has 0 aromatic carbocycles. The van der Waals surface area contributed by atoms with Gasteiger partial charge in [0, 0.05) is 18.0 Å². The molecule has 1 aliphatic carbocycles. The molecule has 3 rings (SSSR count). The van der Waals surface area contributed by atoms with E-state index in [-0.39, 0.29) is 5.41 Å². The van der Waals surface area contributed by atoms with Crippen LogP contribution in [0.1, 0.15) is 37.5 Å². The summed E-state index contributed by atoms with van der Waals surface area (Å²) in [5.41, 5.74) is -0.106. The van der Waals surface area contributed by atoms with E-state index < -0.39 is 0 Å². The Morgan fingerprint density at radius 3 is 3.20 bits per heavy atom. The largest absolute Gasteiger partial charge is 0.337 e. The van der Waals surface area contributed by atoms with Crippen molar-refractivity contribution >= 4 is 17.2 Å². The van der Waals surface area contributed by atoms with E-state index in [1.54, 1.807) is 11.3 Å². The van der Waals surface area contributed by atoms with Crippen molar-refractivity contribution in [2.75, 3.05) is 19.6 Å². The topological polar surface area (TPSA) is 32.3 Å². The zero-order valence-corrected chi connectivity index (χ0v) is 13.0. The van der Waals surface area contributed by atoms with E-state index in [2.05, 4.69) is 34.7 Å². The van der Waals surface area contributed by atoms with Crippen molar-refractivity contribution in [3.63, 3.8) is 0 Å². The number of thiophene rings is 1. The first-order valence-corrected chi connectivity index (χ1v) is 8.67. The van der Waals surface area contributed by atoms with Gasteiger partial charge in [-0.15, -0.1) is 11.3 Å². The van der Waals surface area contributed by atoms with E-state index in [9.17, 15) is 4.79 Å². The van der Waals surface area contributed by atoms with Gasteiger partial charge in [0.05, 0.1) is 12.0 Å². The van der Waals surface area contributed by atoms with Gasteiger partial charge >= 0.3 is 0 Å². The van der Waals surface area contributed by atoms with Crippen LogP contribution in [-0.4, -0.2) is 30.4 Å². The third-order valence-corrected chi connectivity index (χ3v) is 5.92. The van der Waals surface area contributed by atoms with Crippen LogP contribution in [0.4, 0.5) is 0 Å². The summed E-state index contributed by atoms with van der Waals surface area (Å²) in [7, 11) is 0. The van der Waals surface area contributed by atoms with Crippen molar-refractivity contribution in [3.8, 4) is 0 Å². The second kappa shape index (κ2) is 5.86. The number of rotatable bonds is 4. The van der Waals surface area contributed by atoms with Crippen LogP contribution in [0.2, 0.25) is 0 Å². The fraction of sp³-hybridized carbons (Fsp3) is 0.688. The van der Waals surface area contributed by atoms with Crippen molar-refractivity contribution in [1.29, 1.82) is 0 Å². The fourth-order valence-corrected chi connectivity index (χ4v) is 4.62. The Balaban J connectivity index is 1.78. The second-order valence-electron chi connectivity index (χ2n) is 6.13. The van der Waals surface area contributed by atoms with E-state index in [1.165, 1.54) is 24.1 Å². The van der Waals surface area contributed by atoms with E-state index in [0.29, 0.717) is 11.8 Å². The van der Waals surface area contributed by atoms with Gasteiger partial charge in [-0.3, -0.25) is 4.79 Å². The van der Waals surface area contributed by atoms with E-state index in [4.69, 9.17) is 0 Å². The standard InChI is InChI=1S/C16H24N2OS/c1-2-18(11-14-7-5-9-20-14)15(19)16-8-4-3-6-13(16)10-17-12-16/h5,7,9,13,17H,2-4,6,8,10-12H2,1H3/t13-,16+/m0/s1. The van der Waals surface area contributed by atoms with Gasteiger partial charge in [-0.25, -0.2) is 0 Å². The predicted octanol–water partition coefficient (Wildman–Crippen LogP) is 2.88. The maximum Gasteiger partial charge on any atom is 0.230 e. The summed E-state index contributed by atoms with van der Waals surface area (Å²) in [5, 5.41) is 5.57. The van der Waals surface area contributed by atoms with Crippen molar-refractivity contribution in [1.82, 2.24) is 10.2 Å². The molecule has 2 atom stereocenters. The maximum absolute atomic E-state index is 13.1. The molecule has 1 saturated heterocycles. The molecule has 0 unspecified atom stereocenters. The minimum absolute atomic E-state index is 0.106. The van der Waals surface area contributed by atoms with Gasteiger partial charge < -0.3 is 10.2 Å². The molecule has 0 bridgehead atoms. The molecule has 1 saturated carbocycles.